The summed E-state index contributed by atoms with van der Waals surface area (Å²) in [5.41, 5.74) is 3.45. The van der Waals surface area contributed by atoms with Gasteiger partial charge in [0.2, 0.25) is 0 Å². The van der Waals surface area contributed by atoms with Crippen molar-refractivity contribution in [3.63, 3.8) is 0 Å². The van der Waals surface area contributed by atoms with Gasteiger partial charge in [0.1, 0.15) is 11.5 Å². The fourth-order valence-corrected chi connectivity index (χ4v) is 2.33. The molecule has 4 rings (SSSR count). The third kappa shape index (κ3) is 9.56. The van der Waals surface area contributed by atoms with E-state index >= 15 is 0 Å². The molecular weight excluding hydrogens is 610 g/mol. The van der Waals surface area contributed by atoms with Crippen molar-refractivity contribution in [2.75, 3.05) is 14.2 Å². The molecule has 4 aromatic rings. The molecular formula is C24H27InN4O2Sn. The van der Waals surface area contributed by atoms with Crippen molar-refractivity contribution < 1.29 is 9.47 Å². The Morgan fingerprint density at radius 2 is 0.938 bits per heavy atom. The molecule has 0 aliphatic carbocycles. The summed E-state index contributed by atoms with van der Waals surface area (Å²) in [6, 6.07) is 19.0. The molecule has 0 amide bonds. The van der Waals surface area contributed by atoms with Gasteiger partial charge in [-0.2, -0.15) is 0 Å². The Kier molecular flexibility index (Phi) is 15.2. The molecule has 0 saturated heterocycles. The zero-order valence-electron chi connectivity index (χ0n) is 18.8. The van der Waals surface area contributed by atoms with Crippen molar-refractivity contribution in [3.05, 3.63) is 85.5 Å². The molecule has 0 saturated carbocycles. The van der Waals surface area contributed by atoms with Crippen LogP contribution in [0.25, 0.3) is 22.8 Å². The fraction of sp³-hybridized carbons (Fsp3) is 0.167. The Morgan fingerprint density at radius 1 is 0.562 bits per heavy atom. The standard InChI is InChI=1S/2C11H10N2O.2CH3.In.Sn.H/c2*1-14-9-5-6-11(13-8-9)10-4-2-3-7-12-10;;;;;/h2*2-8H,1H3;2*1H3;;;. The fourth-order valence-electron chi connectivity index (χ4n) is 2.33. The van der Waals surface area contributed by atoms with Gasteiger partial charge in [0.25, 0.3) is 0 Å². The number of nitrogens with zero attached hydrogens (tertiary/aromatic N) is 4. The number of hydrogen-bond acceptors (Lipinski definition) is 6. The van der Waals surface area contributed by atoms with Crippen molar-refractivity contribution in [1.82, 2.24) is 19.9 Å². The van der Waals surface area contributed by atoms with Gasteiger partial charge in [0, 0.05) is 12.4 Å². The van der Waals surface area contributed by atoms with Crippen LogP contribution >= 0.6 is 0 Å². The Morgan fingerprint density at radius 3 is 1.19 bits per heavy atom. The number of pyridine rings is 4. The number of methoxy groups -OCH3 is 2. The Bertz CT molecular complexity index is 891. The molecule has 0 N–H and O–H groups in total. The summed E-state index contributed by atoms with van der Waals surface area (Å²) in [7, 11) is 3.24. The second-order valence-electron chi connectivity index (χ2n) is 5.60. The molecule has 4 radical (unpaired) electrons. The monoisotopic (exact) mass is 638 g/mol. The molecule has 4 heterocycles. The number of hydrogen-bond donors (Lipinski definition) is 0. The minimum absolute atomic E-state index is 0.754. The summed E-state index contributed by atoms with van der Waals surface area (Å²) in [5, 5.41) is 0. The Balaban J connectivity index is 0.000000277. The Hall–Kier alpha value is -2.13. The van der Waals surface area contributed by atoms with Gasteiger partial charge in [-0.25, -0.2) is 0 Å². The van der Waals surface area contributed by atoms with Gasteiger partial charge >= 0.3 is 56.5 Å². The quantitative estimate of drug-likeness (QED) is 0.309. The van der Waals surface area contributed by atoms with Crippen LogP contribution in [-0.2, 0) is 0 Å². The summed E-state index contributed by atoms with van der Waals surface area (Å²) in [6.45, 7) is 0. The summed E-state index contributed by atoms with van der Waals surface area (Å²) < 4.78 is 12.2. The molecule has 0 aliphatic heterocycles. The molecule has 32 heavy (non-hydrogen) atoms. The topological polar surface area (TPSA) is 70.0 Å². The predicted molar refractivity (Wildman–Crippen MR) is 133 cm³/mol. The van der Waals surface area contributed by atoms with E-state index in [-0.39, 0.29) is 0 Å². The molecule has 162 valence electrons. The van der Waals surface area contributed by atoms with Gasteiger partial charge < -0.3 is 9.47 Å². The van der Waals surface area contributed by atoms with Crippen molar-refractivity contribution in [1.29, 1.82) is 0 Å². The zero-order chi connectivity index (χ0) is 23.6. The van der Waals surface area contributed by atoms with Gasteiger partial charge in [-0.15, -0.1) is 0 Å². The predicted octanol–water partition coefficient (Wildman–Crippen LogP) is 4.44. The first-order valence-corrected chi connectivity index (χ1v) is 16.4. The van der Waals surface area contributed by atoms with E-state index < -0.39 is 0 Å². The summed E-state index contributed by atoms with van der Waals surface area (Å²) in [4.78, 5) is 19.0. The van der Waals surface area contributed by atoms with Crippen LogP contribution in [0.2, 0.25) is 9.62 Å². The van der Waals surface area contributed by atoms with Gasteiger partial charge in [-0.1, -0.05) is 12.1 Å². The van der Waals surface area contributed by atoms with E-state index in [0.29, 0.717) is 0 Å². The van der Waals surface area contributed by atoms with Crippen LogP contribution in [0.4, 0.5) is 0 Å². The van der Waals surface area contributed by atoms with Crippen molar-refractivity contribution in [3.8, 4) is 34.3 Å². The Labute approximate surface area is 218 Å². The zero-order valence-corrected chi connectivity index (χ0v) is 25.4. The first-order valence-electron chi connectivity index (χ1n) is 9.78. The van der Waals surface area contributed by atoms with E-state index in [2.05, 4.69) is 29.6 Å². The summed E-state index contributed by atoms with van der Waals surface area (Å²) in [6.07, 6.45) is 6.87. The van der Waals surface area contributed by atoms with Gasteiger partial charge in [-0.05, 0) is 48.5 Å². The normalized spacial score (nSPS) is 8.91. The van der Waals surface area contributed by atoms with E-state index in [1.54, 1.807) is 39.0 Å². The molecule has 0 aromatic carbocycles. The molecule has 0 fully saturated rings. The molecule has 0 spiro atoms. The molecule has 8 heteroatoms. The molecule has 0 bridgehead atoms. The van der Waals surface area contributed by atoms with Gasteiger partial charge in [-0.3, -0.25) is 19.9 Å². The molecule has 4 aromatic heterocycles. The van der Waals surface area contributed by atoms with E-state index in [1.165, 1.54) is 46.9 Å². The molecule has 0 atom stereocenters. The van der Waals surface area contributed by atoms with Crippen LogP contribution in [0.1, 0.15) is 0 Å². The van der Waals surface area contributed by atoms with Crippen molar-refractivity contribution in [2.45, 2.75) is 9.62 Å². The van der Waals surface area contributed by atoms with E-state index in [9.17, 15) is 0 Å². The number of rotatable bonds is 4. The summed E-state index contributed by atoms with van der Waals surface area (Å²) >= 11 is 2.70. The maximum absolute atomic E-state index is 5.02. The second-order valence-corrected chi connectivity index (χ2v) is 5.60. The maximum atomic E-state index is 5.02. The van der Waals surface area contributed by atoms with Gasteiger partial charge in [0.15, 0.2) is 0 Å². The average Bonchev–Trinajstić information content (AvgIpc) is 2.92. The average molecular weight is 637 g/mol. The van der Waals surface area contributed by atoms with Crippen molar-refractivity contribution >= 4 is 46.9 Å². The van der Waals surface area contributed by atoms with Crippen LogP contribution in [0, 0.1) is 0 Å². The number of ether oxygens (including phenoxy) is 2. The van der Waals surface area contributed by atoms with Crippen LogP contribution in [0.3, 0.4) is 0 Å². The van der Waals surface area contributed by atoms with Gasteiger partial charge in [0.05, 0.1) is 49.4 Å². The van der Waals surface area contributed by atoms with Crippen molar-refractivity contribution in [2.24, 2.45) is 0 Å². The van der Waals surface area contributed by atoms with Crippen LogP contribution < -0.4 is 9.47 Å². The van der Waals surface area contributed by atoms with E-state index in [0.717, 1.165) is 34.3 Å². The summed E-state index contributed by atoms with van der Waals surface area (Å²) in [5.74, 6) is 1.51. The van der Waals surface area contributed by atoms with Crippen LogP contribution in [-0.4, -0.2) is 81.1 Å². The number of aromatic nitrogens is 4. The van der Waals surface area contributed by atoms with Crippen LogP contribution in [0.5, 0.6) is 11.5 Å². The minimum atomic E-state index is 0.754. The SMILES string of the molecule is COc1ccc(-c2ccccn2)nc1.COc1ccc(-c2ccccn2)nc1.[CH3][In].[CH3][SnH]. The first-order chi connectivity index (χ1) is 15.8. The third-order valence-electron chi connectivity index (χ3n) is 3.80. The van der Waals surface area contributed by atoms with E-state index in [1.807, 2.05) is 60.7 Å². The molecule has 0 unspecified atom stereocenters. The van der Waals surface area contributed by atoms with Crippen LogP contribution in [0.15, 0.2) is 85.5 Å². The van der Waals surface area contributed by atoms with E-state index in [4.69, 9.17) is 9.47 Å². The first kappa shape index (κ1) is 27.9. The third-order valence-corrected chi connectivity index (χ3v) is 3.80. The second kappa shape index (κ2) is 17.4. The molecule has 6 nitrogen and oxygen atoms in total. The molecule has 0 aliphatic rings.